The summed E-state index contributed by atoms with van der Waals surface area (Å²) in [6.07, 6.45) is 4.67. The van der Waals surface area contributed by atoms with Crippen LogP contribution in [0.15, 0.2) is 12.1 Å². The molecule has 0 bridgehead atoms. The van der Waals surface area contributed by atoms with Crippen molar-refractivity contribution in [1.29, 1.82) is 0 Å². The molecule has 6 heteroatoms. The lowest BCUT2D eigenvalue weighted by molar-refractivity contribution is -0.140. The molecule has 0 radical (unpaired) electrons. The predicted octanol–water partition coefficient (Wildman–Crippen LogP) is 3.61. The Morgan fingerprint density at radius 3 is 2.85 bits per heavy atom. The number of aryl methyl sites for hydroxylation is 1. The van der Waals surface area contributed by atoms with Gasteiger partial charge in [0.2, 0.25) is 0 Å². The first-order valence-corrected chi connectivity index (χ1v) is 9.48. The molecule has 2 fully saturated rings. The molecule has 1 aromatic carbocycles. The molecule has 2 saturated heterocycles. The lowest BCUT2D eigenvalue weighted by Crippen LogP contribution is -2.50. The SMILES string of the molecule is Cc1[nH]c2c(F)cc(F)cc2c1CCN[C@@H]1CCOC2(CCOCC2)C1. The fourth-order valence-corrected chi connectivity index (χ4v) is 4.42. The molecule has 142 valence electrons. The average molecular weight is 364 g/mol. The molecule has 2 aliphatic rings. The molecule has 4 rings (SSSR count). The first kappa shape index (κ1) is 17.9. The summed E-state index contributed by atoms with van der Waals surface area (Å²) < 4.78 is 39.1. The van der Waals surface area contributed by atoms with Crippen LogP contribution in [-0.4, -0.2) is 43.0 Å². The minimum atomic E-state index is -0.534. The monoisotopic (exact) mass is 364 g/mol. The number of fused-ring (bicyclic) bond motifs is 1. The number of rotatable bonds is 4. The van der Waals surface area contributed by atoms with Crippen molar-refractivity contribution in [3.05, 3.63) is 35.0 Å². The van der Waals surface area contributed by atoms with Gasteiger partial charge in [0.05, 0.1) is 11.1 Å². The maximum Gasteiger partial charge on any atom is 0.150 e. The zero-order valence-electron chi connectivity index (χ0n) is 15.2. The van der Waals surface area contributed by atoms with Crippen LogP contribution in [0.4, 0.5) is 8.78 Å². The van der Waals surface area contributed by atoms with Crippen LogP contribution < -0.4 is 5.32 Å². The molecule has 1 aromatic heterocycles. The Hall–Kier alpha value is -1.50. The zero-order chi connectivity index (χ0) is 18.1. The normalized spacial score (nSPS) is 23.0. The smallest absolute Gasteiger partial charge is 0.150 e. The Bertz CT molecular complexity index is 778. The summed E-state index contributed by atoms with van der Waals surface area (Å²) in [4.78, 5) is 3.05. The van der Waals surface area contributed by atoms with Crippen molar-refractivity contribution in [3.8, 4) is 0 Å². The van der Waals surface area contributed by atoms with Crippen LogP contribution in [0.2, 0.25) is 0 Å². The number of hydrogen-bond acceptors (Lipinski definition) is 3. The van der Waals surface area contributed by atoms with E-state index < -0.39 is 11.6 Å². The fraction of sp³-hybridized carbons (Fsp3) is 0.600. The molecule has 0 aliphatic carbocycles. The third kappa shape index (κ3) is 3.50. The van der Waals surface area contributed by atoms with E-state index in [1.165, 1.54) is 6.07 Å². The van der Waals surface area contributed by atoms with Gasteiger partial charge < -0.3 is 19.8 Å². The summed E-state index contributed by atoms with van der Waals surface area (Å²) in [5.41, 5.74) is 2.25. The van der Waals surface area contributed by atoms with Gasteiger partial charge in [-0.3, -0.25) is 0 Å². The summed E-state index contributed by atoms with van der Waals surface area (Å²) in [5, 5.41) is 4.28. The van der Waals surface area contributed by atoms with Crippen molar-refractivity contribution in [3.63, 3.8) is 0 Å². The molecule has 0 amide bonds. The van der Waals surface area contributed by atoms with Crippen LogP contribution in [0.3, 0.4) is 0 Å². The van der Waals surface area contributed by atoms with E-state index in [0.29, 0.717) is 16.9 Å². The summed E-state index contributed by atoms with van der Waals surface area (Å²) in [5.74, 6) is -1.07. The molecule has 3 heterocycles. The van der Waals surface area contributed by atoms with Crippen LogP contribution >= 0.6 is 0 Å². The number of ether oxygens (including phenoxy) is 2. The van der Waals surface area contributed by atoms with Gasteiger partial charge in [-0.2, -0.15) is 0 Å². The lowest BCUT2D eigenvalue weighted by Gasteiger charge is -2.43. The Morgan fingerprint density at radius 1 is 1.23 bits per heavy atom. The summed E-state index contributed by atoms with van der Waals surface area (Å²) in [6, 6.07) is 2.76. The van der Waals surface area contributed by atoms with Gasteiger partial charge in [0.1, 0.15) is 11.6 Å². The van der Waals surface area contributed by atoms with E-state index >= 15 is 0 Å². The van der Waals surface area contributed by atoms with Crippen molar-refractivity contribution in [2.24, 2.45) is 0 Å². The standard InChI is InChI=1S/C20H26F2N2O2/c1-13-16(17-10-14(21)11-18(22)19(17)24-13)2-6-23-15-3-7-26-20(12-15)4-8-25-9-5-20/h10-11,15,23-24H,2-9,12H2,1H3/t15-/m1/s1. The number of nitrogens with one attached hydrogen (secondary N) is 2. The van der Waals surface area contributed by atoms with Gasteiger partial charge in [-0.25, -0.2) is 8.78 Å². The fourth-order valence-electron chi connectivity index (χ4n) is 4.42. The molecule has 1 spiro atoms. The quantitative estimate of drug-likeness (QED) is 0.871. The van der Waals surface area contributed by atoms with Gasteiger partial charge in [-0.05, 0) is 57.2 Å². The second kappa shape index (κ2) is 7.25. The van der Waals surface area contributed by atoms with Crippen LogP contribution in [0.1, 0.15) is 36.9 Å². The first-order chi connectivity index (χ1) is 12.6. The third-order valence-electron chi connectivity index (χ3n) is 5.85. The topological polar surface area (TPSA) is 46.3 Å². The summed E-state index contributed by atoms with van der Waals surface area (Å²) in [7, 11) is 0. The highest BCUT2D eigenvalue weighted by molar-refractivity contribution is 5.85. The van der Waals surface area contributed by atoms with E-state index in [1.54, 1.807) is 0 Å². The number of H-pyrrole nitrogens is 1. The molecule has 4 nitrogen and oxygen atoms in total. The van der Waals surface area contributed by atoms with Crippen molar-refractivity contribution >= 4 is 10.9 Å². The van der Waals surface area contributed by atoms with Crippen molar-refractivity contribution < 1.29 is 18.3 Å². The van der Waals surface area contributed by atoms with E-state index in [4.69, 9.17) is 9.47 Å². The number of aromatic nitrogens is 1. The Morgan fingerprint density at radius 2 is 2.04 bits per heavy atom. The molecule has 0 saturated carbocycles. The maximum absolute atomic E-state index is 13.9. The summed E-state index contributed by atoms with van der Waals surface area (Å²) >= 11 is 0. The van der Waals surface area contributed by atoms with E-state index in [2.05, 4.69) is 10.3 Å². The van der Waals surface area contributed by atoms with Gasteiger partial charge >= 0.3 is 0 Å². The van der Waals surface area contributed by atoms with E-state index in [0.717, 1.165) is 75.8 Å². The molecule has 2 aliphatic heterocycles. The third-order valence-corrected chi connectivity index (χ3v) is 5.85. The average Bonchev–Trinajstić information content (AvgIpc) is 2.92. The second-order valence-corrected chi connectivity index (χ2v) is 7.58. The molecule has 0 unspecified atom stereocenters. The molecule has 26 heavy (non-hydrogen) atoms. The van der Waals surface area contributed by atoms with Crippen molar-refractivity contribution in [2.75, 3.05) is 26.4 Å². The number of halogens is 2. The Balaban J connectivity index is 1.40. The van der Waals surface area contributed by atoms with Gasteiger partial charge in [-0.1, -0.05) is 0 Å². The number of aromatic amines is 1. The minimum absolute atomic E-state index is 0.0306. The molecule has 2 N–H and O–H groups in total. The summed E-state index contributed by atoms with van der Waals surface area (Å²) in [6.45, 7) is 5.03. The van der Waals surface area contributed by atoms with Crippen LogP contribution in [0, 0.1) is 18.6 Å². The molecule has 2 aromatic rings. The second-order valence-electron chi connectivity index (χ2n) is 7.58. The zero-order valence-corrected chi connectivity index (χ0v) is 15.2. The largest absolute Gasteiger partial charge is 0.381 e. The molecular formula is C20H26F2N2O2. The maximum atomic E-state index is 13.9. The van der Waals surface area contributed by atoms with Gasteiger partial charge in [0, 0.05) is 43.0 Å². The predicted molar refractivity (Wildman–Crippen MR) is 96.4 cm³/mol. The van der Waals surface area contributed by atoms with Gasteiger partial charge in [0.15, 0.2) is 0 Å². The van der Waals surface area contributed by atoms with Gasteiger partial charge in [-0.15, -0.1) is 0 Å². The first-order valence-electron chi connectivity index (χ1n) is 9.48. The van der Waals surface area contributed by atoms with E-state index in [1.807, 2.05) is 6.92 Å². The molecular weight excluding hydrogens is 338 g/mol. The van der Waals surface area contributed by atoms with Gasteiger partial charge in [0.25, 0.3) is 0 Å². The number of benzene rings is 1. The minimum Gasteiger partial charge on any atom is -0.381 e. The Labute approximate surface area is 152 Å². The van der Waals surface area contributed by atoms with Crippen LogP contribution in [0.5, 0.6) is 0 Å². The Kier molecular flexibility index (Phi) is 4.99. The van der Waals surface area contributed by atoms with Crippen molar-refractivity contribution in [1.82, 2.24) is 10.3 Å². The number of hydrogen-bond donors (Lipinski definition) is 2. The van der Waals surface area contributed by atoms with Crippen molar-refractivity contribution in [2.45, 2.75) is 50.7 Å². The highest BCUT2D eigenvalue weighted by Crippen LogP contribution is 2.34. The molecule has 1 atom stereocenters. The highest BCUT2D eigenvalue weighted by atomic mass is 19.1. The van der Waals surface area contributed by atoms with Crippen LogP contribution in [-0.2, 0) is 15.9 Å². The highest BCUT2D eigenvalue weighted by Gasteiger charge is 2.38. The van der Waals surface area contributed by atoms with E-state index in [-0.39, 0.29) is 5.60 Å². The van der Waals surface area contributed by atoms with Crippen LogP contribution in [0.25, 0.3) is 10.9 Å². The van der Waals surface area contributed by atoms with E-state index in [9.17, 15) is 8.78 Å². The lowest BCUT2D eigenvalue weighted by atomic mass is 9.84.